The average molecular weight is 305 g/mol. The number of nitrogens with two attached hydrogens (primary N) is 1. The van der Waals surface area contributed by atoms with Crippen molar-refractivity contribution >= 4 is 40.2 Å². The van der Waals surface area contributed by atoms with Crippen molar-refractivity contribution in [3.05, 3.63) is 58.6 Å². The number of anilines is 2. The molecular weight excluding hydrogens is 288 g/mol. The standard InChI is InChI=1S/C16H17ClN2S/c1-10(2)12-5-3-4-6-14(12)19-15-9-11(17)7-8-13(15)16(18)20/h3-10,19H,1-2H3,(H2,18,20). The van der Waals surface area contributed by atoms with Crippen molar-refractivity contribution in [2.75, 3.05) is 5.32 Å². The Labute approximate surface area is 130 Å². The summed E-state index contributed by atoms with van der Waals surface area (Å²) in [6.45, 7) is 4.32. The molecule has 0 saturated carbocycles. The topological polar surface area (TPSA) is 38.0 Å². The van der Waals surface area contributed by atoms with Crippen molar-refractivity contribution in [1.82, 2.24) is 0 Å². The van der Waals surface area contributed by atoms with Gasteiger partial charge in [0.25, 0.3) is 0 Å². The highest BCUT2D eigenvalue weighted by Gasteiger charge is 2.10. The molecular formula is C16H17ClN2S. The number of benzene rings is 2. The molecule has 0 fully saturated rings. The Kier molecular flexibility index (Phi) is 4.63. The SMILES string of the molecule is CC(C)c1ccccc1Nc1cc(Cl)ccc1C(N)=S. The normalized spacial score (nSPS) is 10.6. The van der Waals surface area contributed by atoms with Crippen LogP contribution < -0.4 is 11.1 Å². The first-order chi connectivity index (χ1) is 9.49. The van der Waals surface area contributed by atoms with Crippen LogP contribution in [-0.4, -0.2) is 4.99 Å². The lowest BCUT2D eigenvalue weighted by molar-refractivity contribution is 0.869. The molecule has 0 aliphatic carbocycles. The van der Waals surface area contributed by atoms with Gasteiger partial charge in [-0.2, -0.15) is 0 Å². The highest BCUT2D eigenvalue weighted by molar-refractivity contribution is 7.80. The summed E-state index contributed by atoms with van der Waals surface area (Å²) >= 11 is 11.2. The van der Waals surface area contributed by atoms with Gasteiger partial charge in [-0.25, -0.2) is 0 Å². The van der Waals surface area contributed by atoms with Gasteiger partial charge in [0.2, 0.25) is 0 Å². The Morgan fingerprint density at radius 3 is 2.50 bits per heavy atom. The summed E-state index contributed by atoms with van der Waals surface area (Å²) in [7, 11) is 0. The van der Waals surface area contributed by atoms with E-state index in [4.69, 9.17) is 29.6 Å². The molecule has 3 N–H and O–H groups in total. The minimum Gasteiger partial charge on any atom is -0.389 e. The van der Waals surface area contributed by atoms with E-state index in [1.807, 2.05) is 30.3 Å². The number of halogens is 1. The molecule has 0 spiro atoms. The van der Waals surface area contributed by atoms with Gasteiger partial charge in [0.1, 0.15) is 4.99 Å². The molecule has 2 aromatic rings. The second-order valence-electron chi connectivity index (χ2n) is 4.92. The van der Waals surface area contributed by atoms with Crippen LogP contribution in [0.4, 0.5) is 11.4 Å². The summed E-state index contributed by atoms with van der Waals surface area (Å²) < 4.78 is 0. The van der Waals surface area contributed by atoms with Crippen LogP contribution in [0.3, 0.4) is 0 Å². The van der Waals surface area contributed by atoms with Gasteiger partial charge in [0.15, 0.2) is 0 Å². The van der Waals surface area contributed by atoms with Crippen molar-refractivity contribution in [3.8, 4) is 0 Å². The molecule has 104 valence electrons. The van der Waals surface area contributed by atoms with Crippen LogP contribution in [-0.2, 0) is 0 Å². The van der Waals surface area contributed by atoms with Crippen molar-refractivity contribution in [2.45, 2.75) is 19.8 Å². The summed E-state index contributed by atoms with van der Waals surface area (Å²) in [5.41, 5.74) is 9.67. The molecule has 20 heavy (non-hydrogen) atoms. The Balaban J connectivity index is 2.45. The van der Waals surface area contributed by atoms with E-state index in [0.717, 1.165) is 16.9 Å². The lowest BCUT2D eigenvalue weighted by Gasteiger charge is -2.17. The van der Waals surface area contributed by atoms with Gasteiger partial charge in [0.05, 0.1) is 5.69 Å². The molecule has 0 amide bonds. The number of rotatable bonds is 4. The maximum atomic E-state index is 6.07. The Hall–Kier alpha value is -1.58. The Bertz CT molecular complexity index is 638. The fourth-order valence-electron chi connectivity index (χ4n) is 2.09. The van der Waals surface area contributed by atoms with Crippen molar-refractivity contribution in [1.29, 1.82) is 0 Å². The zero-order chi connectivity index (χ0) is 14.7. The second-order valence-corrected chi connectivity index (χ2v) is 5.80. The number of nitrogens with one attached hydrogen (secondary N) is 1. The van der Waals surface area contributed by atoms with Crippen LogP contribution in [0.5, 0.6) is 0 Å². The molecule has 0 atom stereocenters. The summed E-state index contributed by atoms with van der Waals surface area (Å²) in [5, 5.41) is 4.04. The average Bonchev–Trinajstić information content (AvgIpc) is 2.38. The second kappa shape index (κ2) is 6.25. The van der Waals surface area contributed by atoms with Crippen molar-refractivity contribution in [3.63, 3.8) is 0 Å². The van der Waals surface area contributed by atoms with Gasteiger partial charge in [-0.05, 0) is 35.7 Å². The first-order valence-electron chi connectivity index (χ1n) is 6.44. The van der Waals surface area contributed by atoms with E-state index in [1.165, 1.54) is 5.56 Å². The molecule has 2 rings (SSSR count). The molecule has 2 nitrogen and oxygen atoms in total. The number of thiocarbonyl (C=S) groups is 1. The van der Waals surface area contributed by atoms with E-state index in [2.05, 4.69) is 25.2 Å². The van der Waals surface area contributed by atoms with E-state index in [-0.39, 0.29) is 0 Å². The fraction of sp³-hybridized carbons (Fsp3) is 0.188. The quantitative estimate of drug-likeness (QED) is 0.794. The molecule has 0 heterocycles. The third-order valence-corrected chi connectivity index (χ3v) is 3.55. The monoisotopic (exact) mass is 304 g/mol. The van der Waals surface area contributed by atoms with Gasteiger partial charge >= 0.3 is 0 Å². The molecule has 0 aliphatic heterocycles. The predicted molar refractivity (Wildman–Crippen MR) is 91.2 cm³/mol. The van der Waals surface area contributed by atoms with Crippen molar-refractivity contribution < 1.29 is 0 Å². The third-order valence-electron chi connectivity index (χ3n) is 3.10. The van der Waals surface area contributed by atoms with Crippen LogP contribution in [0.15, 0.2) is 42.5 Å². The van der Waals surface area contributed by atoms with E-state index < -0.39 is 0 Å². The summed E-state index contributed by atoms with van der Waals surface area (Å²) in [6.07, 6.45) is 0. The lowest BCUT2D eigenvalue weighted by atomic mass is 10.0. The molecule has 0 bridgehead atoms. The van der Waals surface area contributed by atoms with Crippen LogP contribution in [0.25, 0.3) is 0 Å². The zero-order valence-corrected chi connectivity index (χ0v) is 13.1. The molecule has 0 aromatic heterocycles. The van der Waals surface area contributed by atoms with E-state index in [0.29, 0.717) is 15.9 Å². The van der Waals surface area contributed by atoms with Crippen molar-refractivity contribution in [2.24, 2.45) is 5.73 Å². The molecule has 4 heteroatoms. The van der Waals surface area contributed by atoms with Crippen LogP contribution in [0.2, 0.25) is 5.02 Å². The maximum absolute atomic E-state index is 6.07. The first-order valence-corrected chi connectivity index (χ1v) is 7.23. The first kappa shape index (κ1) is 14.8. The van der Waals surface area contributed by atoms with Gasteiger partial charge < -0.3 is 11.1 Å². The molecule has 0 saturated heterocycles. The zero-order valence-electron chi connectivity index (χ0n) is 11.5. The van der Waals surface area contributed by atoms with Crippen LogP contribution >= 0.6 is 23.8 Å². The minimum atomic E-state index is 0.353. The Morgan fingerprint density at radius 1 is 1.15 bits per heavy atom. The molecule has 2 aromatic carbocycles. The van der Waals surface area contributed by atoms with E-state index >= 15 is 0 Å². The smallest absolute Gasteiger partial charge is 0.106 e. The molecule has 0 aliphatic rings. The van der Waals surface area contributed by atoms with Gasteiger partial charge in [0, 0.05) is 16.3 Å². The van der Waals surface area contributed by atoms with Crippen LogP contribution in [0, 0.1) is 0 Å². The predicted octanol–water partition coefficient (Wildman–Crippen LogP) is 4.84. The van der Waals surface area contributed by atoms with Gasteiger partial charge in [-0.15, -0.1) is 0 Å². The largest absolute Gasteiger partial charge is 0.389 e. The Morgan fingerprint density at radius 2 is 1.85 bits per heavy atom. The summed E-state index contributed by atoms with van der Waals surface area (Å²) in [5.74, 6) is 0.422. The maximum Gasteiger partial charge on any atom is 0.106 e. The number of hydrogen-bond donors (Lipinski definition) is 2. The number of hydrogen-bond acceptors (Lipinski definition) is 2. The van der Waals surface area contributed by atoms with E-state index in [1.54, 1.807) is 6.07 Å². The highest BCUT2D eigenvalue weighted by atomic mass is 35.5. The number of para-hydroxylation sites is 1. The lowest BCUT2D eigenvalue weighted by Crippen LogP contribution is -2.12. The van der Waals surface area contributed by atoms with E-state index in [9.17, 15) is 0 Å². The molecule has 0 radical (unpaired) electrons. The fourth-order valence-corrected chi connectivity index (χ4v) is 2.44. The van der Waals surface area contributed by atoms with Gasteiger partial charge in [-0.3, -0.25) is 0 Å². The minimum absolute atomic E-state index is 0.353. The summed E-state index contributed by atoms with van der Waals surface area (Å²) in [6, 6.07) is 13.7. The van der Waals surface area contributed by atoms with Crippen LogP contribution in [0.1, 0.15) is 30.9 Å². The molecule has 0 unspecified atom stereocenters. The highest BCUT2D eigenvalue weighted by Crippen LogP contribution is 2.29. The summed E-state index contributed by atoms with van der Waals surface area (Å²) in [4.78, 5) is 0.353. The van der Waals surface area contributed by atoms with Gasteiger partial charge in [-0.1, -0.05) is 55.9 Å². The third kappa shape index (κ3) is 3.30.